The Bertz CT molecular complexity index is 1060. The number of rotatable bonds is 9. The highest BCUT2D eigenvalue weighted by Crippen LogP contribution is 2.21. The molecule has 0 radical (unpaired) electrons. The van der Waals surface area contributed by atoms with Crippen LogP contribution in [0.2, 0.25) is 0 Å². The Morgan fingerprint density at radius 3 is 2.29 bits per heavy atom. The van der Waals surface area contributed by atoms with Gasteiger partial charge in [0.2, 0.25) is 11.8 Å². The molecular formula is C28H33N3O2S. The number of para-hydroxylation sites is 1. The Morgan fingerprint density at radius 1 is 0.971 bits per heavy atom. The number of aryl methyl sites for hydroxylation is 1. The molecule has 6 heteroatoms. The van der Waals surface area contributed by atoms with Gasteiger partial charge in [-0.15, -0.1) is 11.3 Å². The second kappa shape index (κ2) is 12.0. The lowest BCUT2D eigenvalue weighted by Crippen LogP contribution is -2.45. The third-order valence-electron chi connectivity index (χ3n) is 6.35. The molecule has 1 aromatic heterocycles. The van der Waals surface area contributed by atoms with E-state index in [0.29, 0.717) is 32.5 Å². The SMILES string of the molecule is Cc1ccc(CN(CCc2ccccc2)CC(=O)N2CCC(C(=O)Nc3ccccc3)CC2)s1. The molecule has 34 heavy (non-hydrogen) atoms. The standard InChI is InChI=1S/C28H33N3O2S/c1-22-12-13-26(34-22)20-30(17-14-23-8-4-2-5-9-23)21-27(32)31-18-15-24(16-19-31)28(33)29-25-10-6-3-7-11-25/h2-13,24H,14-21H2,1H3,(H,29,33). The first-order valence-corrected chi connectivity index (χ1v) is 12.8. The van der Waals surface area contributed by atoms with E-state index in [1.54, 1.807) is 11.3 Å². The molecule has 0 atom stereocenters. The molecule has 5 nitrogen and oxygen atoms in total. The summed E-state index contributed by atoms with van der Waals surface area (Å²) < 4.78 is 0. The number of piperidine rings is 1. The Balaban J connectivity index is 1.30. The number of amides is 2. The van der Waals surface area contributed by atoms with Crippen LogP contribution in [-0.4, -0.2) is 47.8 Å². The molecule has 4 rings (SSSR count). The van der Waals surface area contributed by atoms with Crippen molar-refractivity contribution in [3.63, 3.8) is 0 Å². The van der Waals surface area contributed by atoms with Gasteiger partial charge in [0, 0.05) is 47.5 Å². The fourth-order valence-corrected chi connectivity index (χ4v) is 5.32. The van der Waals surface area contributed by atoms with Gasteiger partial charge in [0.05, 0.1) is 6.54 Å². The second-order valence-corrected chi connectivity index (χ2v) is 10.3. The maximum Gasteiger partial charge on any atom is 0.236 e. The topological polar surface area (TPSA) is 52.7 Å². The minimum absolute atomic E-state index is 0.0486. The molecule has 0 bridgehead atoms. The number of anilines is 1. The van der Waals surface area contributed by atoms with E-state index in [2.05, 4.69) is 53.5 Å². The molecule has 0 saturated carbocycles. The number of likely N-dealkylation sites (tertiary alicyclic amines) is 1. The molecule has 2 amide bonds. The lowest BCUT2D eigenvalue weighted by atomic mass is 9.95. The van der Waals surface area contributed by atoms with Gasteiger partial charge in [0.15, 0.2) is 0 Å². The number of carbonyl (C=O) groups excluding carboxylic acids is 2. The summed E-state index contributed by atoms with van der Waals surface area (Å²) in [5, 5.41) is 3.00. The largest absolute Gasteiger partial charge is 0.342 e. The molecule has 2 heterocycles. The third-order valence-corrected chi connectivity index (χ3v) is 7.34. The summed E-state index contributed by atoms with van der Waals surface area (Å²) in [7, 11) is 0. The minimum atomic E-state index is -0.0486. The molecular weight excluding hydrogens is 442 g/mol. The van der Waals surface area contributed by atoms with Gasteiger partial charge in [-0.3, -0.25) is 14.5 Å². The van der Waals surface area contributed by atoms with E-state index >= 15 is 0 Å². The van der Waals surface area contributed by atoms with E-state index in [4.69, 9.17) is 0 Å². The molecule has 3 aromatic rings. The van der Waals surface area contributed by atoms with Crippen LogP contribution in [0, 0.1) is 12.8 Å². The van der Waals surface area contributed by atoms with Crippen molar-refractivity contribution in [2.75, 3.05) is 31.5 Å². The molecule has 0 aliphatic carbocycles. The van der Waals surface area contributed by atoms with Gasteiger partial charge in [-0.2, -0.15) is 0 Å². The number of hydrogen-bond acceptors (Lipinski definition) is 4. The van der Waals surface area contributed by atoms with Crippen LogP contribution < -0.4 is 5.32 Å². The predicted molar refractivity (Wildman–Crippen MR) is 139 cm³/mol. The minimum Gasteiger partial charge on any atom is -0.342 e. The second-order valence-electron chi connectivity index (χ2n) is 8.97. The van der Waals surface area contributed by atoms with Crippen molar-refractivity contribution in [1.82, 2.24) is 9.80 Å². The number of benzene rings is 2. The third kappa shape index (κ3) is 7.02. The lowest BCUT2D eigenvalue weighted by Gasteiger charge is -2.33. The molecule has 1 fully saturated rings. The summed E-state index contributed by atoms with van der Waals surface area (Å²) in [5.74, 6) is 0.159. The molecule has 1 aliphatic heterocycles. The van der Waals surface area contributed by atoms with Crippen molar-refractivity contribution in [2.45, 2.75) is 32.7 Å². The molecule has 178 valence electrons. The van der Waals surface area contributed by atoms with Gasteiger partial charge in [-0.05, 0) is 56.0 Å². The van der Waals surface area contributed by atoms with Crippen LogP contribution in [0.25, 0.3) is 0 Å². The summed E-state index contributed by atoms with van der Waals surface area (Å²) in [6, 6.07) is 24.3. The highest BCUT2D eigenvalue weighted by atomic mass is 32.1. The Labute approximate surface area is 206 Å². The quantitative estimate of drug-likeness (QED) is 0.475. The fourth-order valence-electron chi connectivity index (χ4n) is 4.38. The monoisotopic (exact) mass is 475 g/mol. The van der Waals surface area contributed by atoms with Crippen molar-refractivity contribution in [3.05, 3.63) is 88.1 Å². The van der Waals surface area contributed by atoms with Crippen LogP contribution in [-0.2, 0) is 22.6 Å². The van der Waals surface area contributed by atoms with Crippen molar-refractivity contribution >= 4 is 28.8 Å². The first-order valence-electron chi connectivity index (χ1n) is 12.0. The Kier molecular flexibility index (Phi) is 8.50. The zero-order chi connectivity index (χ0) is 23.8. The van der Waals surface area contributed by atoms with E-state index in [1.165, 1.54) is 15.3 Å². The van der Waals surface area contributed by atoms with E-state index in [-0.39, 0.29) is 17.7 Å². The smallest absolute Gasteiger partial charge is 0.236 e. The lowest BCUT2D eigenvalue weighted by molar-refractivity contribution is -0.135. The van der Waals surface area contributed by atoms with Gasteiger partial charge in [-0.25, -0.2) is 0 Å². The van der Waals surface area contributed by atoms with Gasteiger partial charge < -0.3 is 10.2 Å². The predicted octanol–water partition coefficient (Wildman–Crippen LogP) is 4.98. The van der Waals surface area contributed by atoms with Crippen LogP contribution in [0.1, 0.15) is 28.2 Å². The highest BCUT2D eigenvalue weighted by Gasteiger charge is 2.28. The summed E-state index contributed by atoms with van der Waals surface area (Å²) in [4.78, 5) is 32.6. The van der Waals surface area contributed by atoms with Gasteiger partial charge in [0.25, 0.3) is 0 Å². The first kappa shape index (κ1) is 24.2. The van der Waals surface area contributed by atoms with Crippen LogP contribution in [0.4, 0.5) is 5.69 Å². The van der Waals surface area contributed by atoms with Crippen LogP contribution in [0.15, 0.2) is 72.8 Å². The van der Waals surface area contributed by atoms with Gasteiger partial charge in [-0.1, -0.05) is 48.5 Å². The van der Waals surface area contributed by atoms with E-state index in [1.807, 2.05) is 41.3 Å². The number of nitrogens with zero attached hydrogens (tertiary/aromatic N) is 2. The zero-order valence-electron chi connectivity index (χ0n) is 19.8. The number of carbonyl (C=O) groups is 2. The number of nitrogens with one attached hydrogen (secondary N) is 1. The van der Waals surface area contributed by atoms with Crippen molar-refractivity contribution in [2.24, 2.45) is 5.92 Å². The highest BCUT2D eigenvalue weighted by molar-refractivity contribution is 7.11. The van der Waals surface area contributed by atoms with Crippen molar-refractivity contribution in [3.8, 4) is 0 Å². The molecule has 1 saturated heterocycles. The zero-order valence-corrected chi connectivity index (χ0v) is 20.6. The maximum atomic E-state index is 13.2. The number of hydrogen-bond donors (Lipinski definition) is 1. The normalized spacial score (nSPS) is 14.4. The van der Waals surface area contributed by atoms with Crippen molar-refractivity contribution in [1.29, 1.82) is 0 Å². The average Bonchev–Trinajstić information content (AvgIpc) is 3.28. The molecule has 0 unspecified atom stereocenters. The van der Waals surface area contributed by atoms with E-state index < -0.39 is 0 Å². The average molecular weight is 476 g/mol. The Morgan fingerprint density at radius 2 is 1.65 bits per heavy atom. The number of thiophene rings is 1. The van der Waals surface area contributed by atoms with Gasteiger partial charge in [0.1, 0.15) is 0 Å². The molecule has 1 aliphatic rings. The molecule has 0 spiro atoms. The van der Waals surface area contributed by atoms with Crippen LogP contribution in [0.5, 0.6) is 0 Å². The van der Waals surface area contributed by atoms with Gasteiger partial charge >= 0.3 is 0 Å². The summed E-state index contributed by atoms with van der Waals surface area (Å²) >= 11 is 1.79. The summed E-state index contributed by atoms with van der Waals surface area (Å²) in [5.41, 5.74) is 2.11. The van der Waals surface area contributed by atoms with Crippen LogP contribution in [0.3, 0.4) is 0 Å². The summed E-state index contributed by atoms with van der Waals surface area (Å²) in [6.45, 7) is 5.42. The fraction of sp³-hybridized carbons (Fsp3) is 0.357. The molecule has 2 aromatic carbocycles. The van der Waals surface area contributed by atoms with Crippen molar-refractivity contribution < 1.29 is 9.59 Å². The maximum absolute atomic E-state index is 13.2. The summed E-state index contributed by atoms with van der Waals surface area (Å²) in [6.07, 6.45) is 2.33. The van der Waals surface area contributed by atoms with E-state index in [9.17, 15) is 9.59 Å². The first-order chi connectivity index (χ1) is 16.6. The molecule has 1 N–H and O–H groups in total. The van der Waals surface area contributed by atoms with E-state index in [0.717, 1.165) is 25.2 Å². The van der Waals surface area contributed by atoms with Crippen LogP contribution >= 0.6 is 11.3 Å². The Hall–Kier alpha value is -2.96.